The number of hydrogen-bond donors (Lipinski definition) is 2. The third-order valence-electron chi connectivity index (χ3n) is 4.32. The Kier molecular flexibility index (Phi) is 5.26. The van der Waals surface area contributed by atoms with Gasteiger partial charge in [-0.1, -0.05) is 0 Å². The van der Waals surface area contributed by atoms with Gasteiger partial charge < -0.3 is 10.6 Å². The number of benzene rings is 1. The molecule has 0 saturated carbocycles. The molecule has 2 rings (SSSR count). The molecule has 0 amide bonds. The van der Waals surface area contributed by atoms with E-state index in [4.69, 9.17) is 0 Å². The Morgan fingerprint density at radius 3 is 2.55 bits per heavy atom. The van der Waals surface area contributed by atoms with Gasteiger partial charge in [0.2, 0.25) is 0 Å². The first-order chi connectivity index (χ1) is 9.65. The van der Waals surface area contributed by atoms with Crippen LogP contribution < -0.4 is 10.6 Å². The summed E-state index contributed by atoms with van der Waals surface area (Å²) in [5.41, 5.74) is 0.782. The van der Waals surface area contributed by atoms with E-state index in [0.29, 0.717) is 12.0 Å². The van der Waals surface area contributed by atoms with Crippen molar-refractivity contribution < 1.29 is 9.18 Å². The molecule has 1 aliphatic rings. The normalized spacial score (nSPS) is 17.9. The summed E-state index contributed by atoms with van der Waals surface area (Å²) in [6.45, 7) is 2.07. The summed E-state index contributed by atoms with van der Waals surface area (Å²) in [4.78, 5) is 12.0. The van der Waals surface area contributed by atoms with Crippen LogP contribution in [0, 0.1) is 5.82 Å². The molecule has 0 unspecified atom stereocenters. The first kappa shape index (κ1) is 15.1. The molecule has 1 saturated heterocycles. The van der Waals surface area contributed by atoms with Crippen LogP contribution in [0.3, 0.4) is 0 Å². The SMILES string of the molecule is CNC1(CCCC(=O)c2ccc(F)cc2)CCNCC1. The van der Waals surface area contributed by atoms with Crippen LogP contribution in [-0.2, 0) is 0 Å². The second-order valence-corrected chi connectivity index (χ2v) is 5.56. The molecule has 0 spiro atoms. The average Bonchev–Trinajstić information content (AvgIpc) is 2.49. The molecule has 0 bridgehead atoms. The highest BCUT2D eigenvalue weighted by molar-refractivity contribution is 5.95. The third-order valence-corrected chi connectivity index (χ3v) is 4.32. The molecule has 1 heterocycles. The number of halogens is 1. The molecule has 1 fully saturated rings. The van der Waals surface area contributed by atoms with Crippen LogP contribution in [0.5, 0.6) is 0 Å². The molecule has 20 heavy (non-hydrogen) atoms. The van der Waals surface area contributed by atoms with Crippen molar-refractivity contribution in [3.05, 3.63) is 35.6 Å². The summed E-state index contributed by atoms with van der Waals surface area (Å²) >= 11 is 0. The summed E-state index contributed by atoms with van der Waals surface area (Å²) in [6, 6.07) is 5.82. The topological polar surface area (TPSA) is 41.1 Å². The van der Waals surface area contributed by atoms with Gasteiger partial charge in [0.15, 0.2) is 5.78 Å². The highest BCUT2D eigenvalue weighted by atomic mass is 19.1. The predicted octanol–water partition coefficient (Wildman–Crippen LogP) is 2.52. The molecule has 1 aromatic rings. The Morgan fingerprint density at radius 2 is 1.95 bits per heavy atom. The van der Waals surface area contributed by atoms with Crippen LogP contribution in [0.4, 0.5) is 4.39 Å². The van der Waals surface area contributed by atoms with Crippen molar-refractivity contribution in [2.45, 2.75) is 37.6 Å². The van der Waals surface area contributed by atoms with Gasteiger partial charge in [0, 0.05) is 17.5 Å². The fourth-order valence-electron chi connectivity index (χ4n) is 2.90. The Labute approximate surface area is 120 Å². The lowest BCUT2D eigenvalue weighted by molar-refractivity contribution is 0.0974. The van der Waals surface area contributed by atoms with Gasteiger partial charge >= 0.3 is 0 Å². The standard InChI is InChI=1S/C16H23FN2O/c1-18-16(9-11-19-12-10-16)8-2-3-15(20)13-4-6-14(17)7-5-13/h4-7,18-19H,2-3,8-12H2,1H3. The van der Waals surface area contributed by atoms with Crippen molar-refractivity contribution >= 4 is 5.78 Å². The minimum atomic E-state index is -0.301. The van der Waals surface area contributed by atoms with Gasteiger partial charge in [-0.2, -0.15) is 0 Å². The van der Waals surface area contributed by atoms with Crippen molar-refractivity contribution in [3.8, 4) is 0 Å². The predicted molar refractivity (Wildman–Crippen MR) is 78.5 cm³/mol. The molecule has 4 heteroatoms. The second kappa shape index (κ2) is 6.95. The maximum atomic E-state index is 12.8. The smallest absolute Gasteiger partial charge is 0.162 e. The molecule has 110 valence electrons. The average molecular weight is 278 g/mol. The minimum absolute atomic E-state index is 0.102. The van der Waals surface area contributed by atoms with E-state index in [1.54, 1.807) is 12.1 Å². The van der Waals surface area contributed by atoms with Crippen molar-refractivity contribution in [1.82, 2.24) is 10.6 Å². The molecule has 0 atom stereocenters. The van der Waals surface area contributed by atoms with Crippen LogP contribution in [-0.4, -0.2) is 31.5 Å². The number of piperidine rings is 1. The molecular weight excluding hydrogens is 255 g/mol. The quantitative estimate of drug-likeness (QED) is 0.786. The maximum Gasteiger partial charge on any atom is 0.162 e. The number of ketones is 1. The summed E-state index contributed by atoms with van der Waals surface area (Å²) in [7, 11) is 2.01. The molecule has 0 aromatic heterocycles. The highest BCUT2D eigenvalue weighted by Gasteiger charge is 2.29. The van der Waals surface area contributed by atoms with Crippen molar-refractivity contribution in [2.24, 2.45) is 0 Å². The van der Waals surface area contributed by atoms with Gasteiger partial charge in [-0.15, -0.1) is 0 Å². The van der Waals surface area contributed by atoms with Crippen LogP contribution in [0.15, 0.2) is 24.3 Å². The van der Waals surface area contributed by atoms with E-state index in [2.05, 4.69) is 10.6 Å². The minimum Gasteiger partial charge on any atom is -0.317 e. The van der Waals surface area contributed by atoms with Crippen LogP contribution in [0.1, 0.15) is 42.5 Å². The number of hydrogen-bond acceptors (Lipinski definition) is 3. The summed E-state index contributed by atoms with van der Waals surface area (Å²) in [5.74, 6) is -0.199. The van der Waals surface area contributed by atoms with E-state index >= 15 is 0 Å². The van der Waals surface area contributed by atoms with Crippen molar-refractivity contribution in [1.29, 1.82) is 0 Å². The van der Waals surface area contributed by atoms with E-state index in [1.165, 1.54) is 12.1 Å². The van der Waals surface area contributed by atoms with E-state index in [9.17, 15) is 9.18 Å². The first-order valence-corrected chi connectivity index (χ1v) is 7.34. The molecule has 2 N–H and O–H groups in total. The van der Waals surface area contributed by atoms with E-state index in [-0.39, 0.29) is 17.1 Å². The molecule has 3 nitrogen and oxygen atoms in total. The van der Waals surface area contributed by atoms with Gasteiger partial charge in [-0.05, 0) is 70.1 Å². The zero-order valence-electron chi connectivity index (χ0n) is 12.0. The van der Waals surface area contributed by atoms with Crippen molar-refractivity contribution in [3.63, 3.8) is 0 Å². The van der Waals surface area contributed by atoms with Crippen LogP contribution >= 0.6 is 0 Å². The number of carbonyl (C=O) groups is 1. The van der Waals surface area contributed by atoms with Gasteiger partial charge in [-0.25, -0.2) is 4.39 Å². The lowest BCUT2D eigenvalue weighted by atomic mass is 9.83. The lowest BCUT2D eigenvalue weighted by Crippen LogP contribution is -2.50. The molecule has 1 aromatic carbocycles. The summed E-state index contributed by atoms with van der Waals surface area (Å²) in [6.07, 6.45) is 4.63. The zero-order chi connectivity index (χ0) is 14.4. The van der Waals surface area contributed by atoms with Crippen molar-refractivity contribution in [2.75, 3.05) is 20.1 Å². The zero-order valence-corrected chi connectivity index (χ0v) is 12.0. The van der Waals surface area contributed by atoms with Gasteiger partial charge in [0.25, 0.3) is 0 Å². The van der Waals surface area contributed by atoms with E-state index in [0.717, 1.165) is 38.8 Å². The number of carbonyl (C=O) groups excluding carboxylic acids is 1. The number of rotatable bonds is 6. The van der Waals surface area contributed by atoms with Crippen LogP contribution in [0.2, 0.25) is 0 Å². The second-order valence-electron chi connectivity index (χ2n) is 5.56. The summed E-state index contributed by atoms with van der Waals surface area (Å²) < 4.78 is 12.8. The lowest BCUT2D eigenvalue weighted by Gasteiger charge is -2.37. The Morgan fingerprint density at radius 1 is 1.30 bits per heavy atom. The molecule has 1 aliphatic heterocycles. The van der Waals surface area contributed by atoms with Gasteiger partial charge in [0.05, 0.1) is 0 Å². The Hall–Kier alpha value is -1.26. The Balaban J connectivity index is 1.82. The molecule has 0 radical (unpaired) electrons. The molecular formula is C16H23FN2O. The largest absolute Gasteiger partial charge is 0.317 e. The van der Waals surface area contributed by atoms with Gasteiger partial charge in [-0.3, -0.25) is 4.79 Å². The Bertz CT molecular complexity index is 438. The van der Waals surface area contributed by atoms with Crippen LogP contribution in [0.25, 0.3) is 0 Å². The summed E-state index contributed by atoms with van der Waals surface area (Å²) in [5, 5.41) is 6.80. The fourth-order valence-corrected chi connectivity index (χ4v) is 2.90. The first-order valence-electron chi connectivity index (χ1n) is 7.34. The highest BCUT2D eigenvalue weighted by Crippen LogP contribution is 2.24. The van der Waals surface area contributed by atoms with Gasteiger partial charge in [0.1, 0.15) is 5.82 Å². The molecule has 0 aliphatic carbocycles. The fraction of sp³-hybridized carbons (Fsp3) is 0.562. The third kappa shape index (κ3) is 3.87. The monoisotopic (exact) mass is 278 g/mol. The number of Topliss-reactive ketones (excluding diaryl/α,β-unsaturated/α-hetero) is 1. The number of nitrogens with one attached hydrogen (secondary N) is 2. The maximum absolute atomic E-state index is 12.8. The van der Waals surface area contributed by atoms with E-state index in [1.807, 2.05) is 7.05 Å². The van der Waals surface area contributed by atoms with E-state index < -0.39 is 0 Å².